The maximum Gasteiger partial charge on any atom is 0.262 e. The fourth-order valence-corrected chi connectivity index (χ4v) is 3.26. The molecule has 20 heavy (non-hydrogen) atoms. The largest absolute Gasteiger partial charge is 0.495 e. The van der Waals surface area contributed by atoms with Crippen molar-refractivity contribution < 1.29 is 13.2 Å². The van der Waals surface area contributed by atoms with E-state index in [0.29, 0.717) is 17.0 Å². The molecule has 4 nitrogen and oxygen atoms in total. The summed E-state index contributed by atoms with van der Waals surface area (Å²) in [6.45, 7) is 3.68. The minimum absolute atomic E-state index is 0.266. The van der Waals surface area contributed by atoms with Crippen LogP contribution in [0.3, 0.4) is 0 Å². The minimum Gasteiger partial charge on any atom is -0.495 e. The Morgan fingerprint density at radius 1 is 1.05 bits per heavy atom. The lowest BCUT2D eigenvalue weighted by Crippen LogP contribution is -2.14. The minimum atomic E-state index is -3.62. The Kier molecular flexibility index (Phi) is 3.99. The Morgan fingerprint density at radius 2 is 1.75 bits per heavy atom. The molecule has 0 heterocycles. The zero-order valence-corrected chi connectivity index (χ0v) is 12.5. The number of ether oxygens (including phenoxy) is 1. The van der Waals surface area contributed by atoms with Crippen molar-refractivity contribution in [2.75, 3.05) is 11.8 Å². The summed E-state index contributed by atoms with van der Waals surface area (Å²) in [5.41, 5.74) is 2.13. The highest BCUT2D eigenvalue weighted by molar-refractivity contribution is 7.92. The van der Waals surface area contributed by atoms with E-state index in [1.807, 2.05) is 13.0 Å². The van der Waals surface area contributed by atoms with Crippen molar-refractivity contribution in [1.29, 1.82) is 0 Å². The van der Waals surface area contributed by atoms with Crippen molar-refractivity contribution in [3.05, 3.63) is 53.6 Å². The molecule has 0 fully saturated rings. The highest BCUT2D eigenvalue weighted by Crippen LogP contribution is 2.28. The van der Waals surface area contributed by atoms with Gasteiger partial charge in [-0.15, -0.1) is 0 Å². The molecule has 0 saturated heterocycles. The summed E-state index contributed by atoms with van der Waals surface area (Å²) >= 11 is 0. The quantitative estimate of drug-likeness (QED) is 0.941. The van der Waals surface area contributed by atoms with Crippen molar-refractivity contribution >= 4 is 15.7 Å². The molecule has 2 aromatic rings. The number of nitrogens with one attached hydrogen (secondary N) is 1. The molecule has 0 aromatic heterocycles. The van der Waals surface area contributed by atoms with Crippen LogP contribution in [0.4, 0.5) is 5.69 Å². The van der Waals surface area contributed by atoms with E-state index in [4.69, 9.17) is 4.74 Å². The molecule has 5 heteroatoms. The van der Waals surface area contributed by atoms with E-state index in [-0.39, 0.29) is 4.90 Å². The lowest BCUT2D eigenvalue weighted by atomic mass is 10.2. The Hall–Kier alpha value is -2.01. The van der Waals surface area contributed by atoms with Gasteiger partial charge >= 0.3 is 0 Å². The molecule has 0 atom stereocenters. The van der Waals surface area contributed by atoms with Gasteiger partial charge in [0.1, 0.15) is 5.75 Å². The average Bonchev–Trinajstić information content (AvgIpc) is 2.41. The van der Waals surface area contributed by atoms with Gasteiger partial charge in [-0.2, -0.15) is 0 Å². The predicted molar refractivity (Wildman–Crippen MR) is 79.7 cm³/mol. The van der Waals surface area contributed by atoms with Gasteiger partial charge in [-0.3, -0.25) is 4.72 Å². The molecule has 0 aliphatic heterocycles. The second kappa shape index (κ2) is 5.54. The summed E-state index contributed by atoms with van der Waals surface area (Å²) in [6, 6.07) is 12.2. The summed E-state index contributed by atoms with van der Waals surface area (Å²) in [4.78, 5) is 0.266. The SMILES string of the molecule is COc1cc(C)ccc1NS(=O)(=O)c1ccccc1C. The van der Waals surface area contributed by atoms with Gasteiger partial charge in [0.15, 0.2) is 0 Å². The first-order valence-electron chi connectivity index (χ1n) is 6.17. The molecule has 0 radical (unpaired) electrons. The molecule has 0 spiro atoms. The number of anilines is 1. The fraction of sp³-hybridized carbons (Fsp3) is 0.200. The van der Waals surface area contributed by atoms with Crippen LogP contribution in [0.15, 0.2) is 47.4 Å². The van der Waals surface area contributed by atoms with Gasteiger partial charge in [0.2, 0.25) is 0 Å². The normalized spacial score (nSPS) is 11.2. The Labute approximate surface area is 119 Å². The number of methoxy groups -OCH3 is 1. The van der Waals surface area contributed by atoms with Crippen molar-refractivity contribution in [1.82, 2.24) is 0 Å². The number of rotatable bonds is 4. The zero-order valence-electron chi connectivity index (χ0n) is 11.7. The first-order valence-corrected chi connectivity index (χ1v) is 7.65. The van der Waals surface area contributed by atoms with Gasteiger partial charge in [0, 0.05) is 0 Å². The molecule has 0 aliphatic carbocycles. The van der Waals surface area contributed by atoms with E-state index in [2.05, 4.69) is 4.72 Å². The molecule has 2 rings (SSSR count). The van der Waals surface area contributed by atoms with E-state index < -0.39 is 10.0 Å². The van der Waals surface area contributed by atoms with E-state index in [1.54, 1.807) is 43.3 Å². The van der Waals surface area contributed by atoms with Crippen LogP contribution >= 0.6 is 0 Å². The first kappa shape index (κ1) is 14.4. The molecular weight excluding hydrogens is 274 g/mol. The second-order valence-electron chi connectivity index (χ2n) is 4.57. The van der Waals surface area contributed by atoms with Gasteiger partial charge in [-0.1, -0.05) is 24.3 Å². The van der Waals surface area contributed by atoms with Crippen molar-refractivity contribution in [2.45, 2.75) is 18.7 Å². The Balaban J connectivity index is 2.41. The summed E-state index contributed by atoms with van der Waals surface area (Å²) < 4.78 is 32.6. The smallest absolute Gasteiger partial charge is 0.262 e. The lowest BCUT2D eigenvalue weighted by Gasteiger charge is -2.13. The molecule has 0 saturated carbocycles. The van der Waals surface area contributed by atoms with E-state index in [1.165, 1.54) is 7.11 Å². The topological polar surface area (TPSA) is 55.4 Å². The van der Waals surface area contributed by atoms with Crippen LogP contribution in [-0.2, 0) is 10.0 Å². The maximum absolute atomic E-state index is 12.4. The number of hydrogen-bond donors (Lipinski definition) is 1. The van der Waals surface area contributed by atoms with Gasteiger partial charge in [-0.05, 0) is 43.2 Å². The van der Waals surface area contributed by atoms with Crippen molar-refractivity contribution in [3.63, 3.8) is 0 Å². The molecule has 0 bridgehead atoms. The van der Waals surface area contributed by atoms with Crippen LogP contribution in [0.2, 0.25) is 0 Å². The van der Waals surface area contributed by atoms with Gasteiger partial charge in [0.05, 0.1) is 17.7 Å². The number of aryl methyl sites for hydroxylation is 2. The molecule has 0 amide bonds. The summed E-state index contributed by atoms with van der Waals surface area (Å²) in [7, 11) is -2.11. The Bertz CT molecular complexity index is 724. The van der Waals surface area contributed by atoms with E-state index >= 15 is 0 Å². The van der Waals surface area contributed by atoms with E-state index in [0.717, 1.165) is 5.56 Å². The lowest BCUT2D eigenvalue weighted by molar-refractivity contribution is 0.416. The third-order valence-corrected chi connectivity index (χ3v) is 4.51. The molecule has 2 aromatic carbocycles. The van der Waals surface area contributed by atoms with Crippen LogP contribution in [0.5, 0.6) is 5.75 Å². The molecule has 1 N–H and O–H groups in total. The molecule has 0 unspecified atom stereocenters. The van der Waals surface area contributed by atoms with Crippen LogP contribution in [0, 0.1) is 13.8 Å². The van der Waals surface area contributed by atoms with E-state index in [9.17, 15) is 8.42 Å². The second-order valence-corrected chi connectivity index (χ2v) is 6.23. The van der Waals surface area contributed by atoms with Crippen LogP contribution in [0.1, 0.15) is 11.1 Å². The van der Waals surface area contributed by atoms with Crippen LogP contribution < -0.4 is 9.46 Å². The monoisotopic (exact) mass is 291 g/mol. The van der Waals surface area contributed by atoms with Gasteiger partial charge in [-0.25, -0.2) is 8.42 Å². The van der Waals surface area contributed by atoms with Crippen molar-refractivity contribution in [2.24, 2.45) is 0 Å². The average molecular weight is 291 g/mol. The fourth-order valence-electron chi connectivity index (χ4n) is 1.94. The first-order chi connectivity index (χ1) is 9.44. The summed E-state index contributed by atoms with van der Waals surface area (Å²) in [5.74, 6) is 0.502. The molecule has 106 valence electrons. The molecular formula is C15H17NO3S. The number of hydrogen-bond acceptors (Lipinski definition) is 3. The van der Waals surface area contributed by atoms with Gasteiger partial charge < -0.3 is 4.74 Å². The predicted octanol–water partition coefficient (Wildman–Crippen LogP) is 3.11. The zero-order chi connectivity index (χ0) is 14.8. The summed E-state index contributed by atoms with van der Waals surface area (Å²) in [5, 5.41) is 0. The highest BCUT2D eigenvalue weighted by atomic mass is 32.2. The summed E-state index contributed by atoms with van der Waals surface area (Å²) in [6.07, 6.45) is 0. The van der Waals surface area contributed by atoms with Crippen molar-refractivity contribution in [3.8, 4) is 5.75 Å². The maximum atomic E-state index is 12.4. The third kappa shape index (κ3) is 2.93. The number of benzene rings is 2. The standard InChI is InChI=1S/C15H17NO3S/c1-11-8-9-13(14(10-11)19-3)16-20(17,18)15-7-5-4-6-12(15)2/h4-10,16H,1-3H3. The third-order valence-electron chi connectivity index (χ3n) is 2.98. The Morgan fingerprint density at radius 3 is 2.40 bits per heavy atom. The highest BCUT2D eigenvalue weighted by Gasteiger charge is 2.18. The van der Waals surface area contributed by atoms with Gasteiger partial charge in [0.25, 0.3) is 10.0 Å². The molecule has 0 aliphatic rings. The van der Waals surface area contributed by atoms with Crippen LogP contribution in [-0.4, -0.2) is 15.5 Å². The number of sulfonamides is 1. The van der Waals surface area contributed by atoms with Crippen LogP contribution in [0.25, 0.3) is 0 Å².